The van der Waals surface area contributed by atoms with Crippen LogP contribution in [0.25, 0.3) is 27.6 Å². The molecule has 0 saturated carbocycles. The smallest absolute Gasteiger partial charge is 0.267 e. The van der Waals surface area contributed by atoms with Crippen LogP contribution >= 0.6 is 0 Å². The standard InChI is InChI=1S/C26H22F2N6O2/c1-36-13-17-3-5-21-25(30-17)24(6-7-29-21)34-12-14-8-16(2-4-20(14)33-34)31-26(35)23-11-18-19(28)9-15(27)10-22(18)32-23/h3,5-7,9-12,16,32H,2,4,8,13H2,1H3,(H,31,35). The summed E-state index contributed by atoms with van der Waals surface area (Å²) in [6.07, 6.45) is 5.72. The van der Waals surface area contributed by atoms with Crippen molar-refractivity contribution in [3.8, 4) is 5.69 Å². The van der Waals surface area contributed by atoms with Gasteiger partial charge in [-0.25, -0.2) is 18.4 Å². The van der Waals surface area contributed by atoms with Crippen molar-refractivity contribution < 1.29 is 18.3 Å². The number of carbonyl (C=O) groups is 1. The van der Waals surface area contributed by atoms with Gasteiger partial charge in [-0.3, -0.25) is 9.78 Å². The van der Waals surface area contributed by atoms with Crippen molar-refractivity contribution in [2.24, 2.45) is 0 Å². The number of hydrogen-bond donors (Lipinski definition) is 2. The molecule has 10 heteroatoms. The number of H-pyrrole nitrogens is 1. The molecule has 4 heterocycles. The van der Waals surface area contributed by atoms with Gasteiger partial charge in [-0.2, -0.15) is 5.10 Å². The van der Waals surface area contributed by atoms with Gasteiger partial charge in [0.2, 0.25) is 0 Å². The van der Waals surface area contributed by atoms with Crippen LogP contribution in [0.15, 0.2) is 48.8 Å². The topological polar surface area (TPSA) is 97.7 Å². The Balaban J connectivity index is 1.23. The molecule has 6 rings (SSSR count). The van der Waals surface area contributed by atoms with Crippen LogP contribution in [-0.2, 0) is 24.2 Å². The predicted molar refractivity (Wildman–Crippen MR) is 129 cm³/mol. The Morgan fingerprint density at radius 2 is 2.14 bits per heavy atom. The van der Waals surface area contributed by atoms with E-state index in [0.717, 1.165) is 39.7 Å². The van der Waals surface area contributed by atoms with Crippen LogP contribution in [0.3, 0.4) is 0 Å². The van der Waals surface area contributed by atoms with Crippen LogP contribution in [0.1, 0.15) is 33.9 Å². The van der Waals surface area contributed by atoms with Crippen molar-refractivity contribution in [3.63, 3.8) is 0 Å². The lowest BCUT2D eigenvalue weighted by Gasteiger charge is -2.22. The van der Waals surface area contributed by atoms with E-state index in [1.54, 1.807) is 13.3 Å². The van der Waals surface area contributed by atoms with Gasteiger partial charge in [-0.1, -0.05) is 0 Å². The first-order valence-corrected chi connectivity index (χ1v) is 11.6. The average Bonchev–Trinajstić information content (AvgIpc) is 3.48. The summed E-state index contributed by atoms with van der Waals surface area (Å²) in [7, 11) is 1.63. The van der Waals surface area contributed by atoms with Crippen LogP contribution in [0, 0.1) is 11.6 Å². The molecule has 1 aliphatic carbocycles. The molecule has 1 unspecified atom stereocenters. The SMILES string of the molecule is COCc1ccc2nccc(-n3cc4c(n3)CCC(NC(=O)c3cc5c(F)cc(F)cc5[nH]3)C4)c2n1. The largest absolute Gasteiger partial charge is 0.378 e. The molecule has 182 valence electrons. The van der Waals surface area contributed by atoms with E-state index in [-0.39, 0.29) is 28.5 Å². The van der Waals surface area contributed by atoms with Crippen LogP contribution < -0.4 is 5.32 Å². The Hall–Kier alpha value is -4.18. The maximum absolute atomic E-state index is 14.0. The number of nitrogens with one attached hydrogen (secondary N) is 2. The first kappa shape index (κ1) is 22.3. The summed E-state index contributed by atoms with van der Waals surface area (Å²) < 4.78 is 34.6. The first-order valence-electron chi connectivity index (χ1n) is 11.6. The molecule has 1 aromatic carbocycles. The van der Waals surface area contributed by atoms with Gasteiger partial charge in [0, 0.05) is 37.0 Å². The summed E-state index contributed by atoms with van der Waals surface area (Å²) in [4.78, 5) is 24.8. The second kappa shape index (κ2) is 8.80. The van der Waals surface area contributed by atoms with E-state index in [0.29, 0.717) is 25.9 Å². The molecule has 0 aliphatic heterocycles. The number of hydrogen-bond acceptors (Lipinski definition) is 5. The number of aromatic amines is 1. The lowest BCUT2D eigenvalue weighted by atomic mass is 9.93. The Bertz CT molecular complexity index is 1630. The molecule has 1 atom stereocenters. The maximum Gasteiger partial charge on any atom is 0.267 e. The molecule has 2 N–H and O–H groups in total. The van der Waals surface area contributed by atoms with Gasteiger partial charge >= 0.3 is 0 Å². The Labute approximate surface area is 204 Å². The van der Waals surface area contributed by atoms with Crippen molar-refractivity contribution in [1.29, 1.82) is 0 Å². The highest BCUT2D eigenvalue weighted by atomic mass is 19.1. The van der Waals surface area contributed by atoms with Gasteiger partial charge in [0.25, 0.3) is 5.91 Å². The van der Waals surface area contributed by atoms with Crippen LogP contribution in [0.5, 0.6) is 0 Å². The van der Waals surface area contributed by atoms with Gasteiger partial charge in [0.15, 0.2) is 0 Å². The number of rotatable bonds is 5. The molecule has 0 spiro atoms. The number of methoxy groups -OCH3 is 1. The van der Waals surface area contributed by atoms with Crippen molar-refractivity contribution >= 4 is 27.8 Å². The number of carbonyl (C=O) groups excluding carboxylic acids is 1. The average molecular weight is 488 g/mol. The van der Waals surface area contributed by atoms with Crippen molar-refractivity contribution in [3.05, 3.63) is 83.1 Å². The summed E-state index contributed by atoms with van der Waals surface area (Å²) in [5.74, 6) is -1.76. The molecular weight excluding hydrogens is 466 g/mol. The molecule has 0 fully saturated rings. The van der Waals surface area contributed by atoms with Crippen molar-refractivity contribution in [2.45, 2.75) is 31.9 Å². The highest BCUT2D eigenvalue weighted by Crippen LogP contribution is 2.26. The van der Waals surface area contributed by atoms with E-state index in [4.69, 9.17) is 14.8 Å². The zero-order chi connectivity index (χ0) is 24.8. The molecule has 1 aliphatic rings. The van der Waals surface area contributed by atoms with Gasteiger partial charge in [0.1, 0.15) is 22.8 Å². The summed E-state index contributed by atoms with van der Waals surface area (Å²) in [5.41, 5.74) is 5.57. The molecule has 36 heavy (non-hydrogen) atoms. The summed E-state index contributed by atoms with van der Waals surface area (Å²) >= 11 is 0. The third-order valence-electron chi connectivity index (χ3n) is 6.46. The number of nitrogens with zero attached hydrogens (tertiary/aromatic N) is 4. The quantitative estimate of drug-likeness (QED) is 0.390. The molecule has 8 nitrogen and oxygen atoms in total. The Kier molecular flexibility index (Phi) is 5.45. The molecule has 0 radical (unpaired) electrons. The number of ether oxygens (including phenoxy) is 1. The highest BCUT2D eigenvalue weighted by Gasteiger charge is 2.25. The van der Waals surface area contributed by atoms with Crippen LogP contribution in [0.4, 0.5) is 8.78 Å². The number of pyridine rings is 2. The minimum atomic E-state index is -0.706. The van der Waals surface area contributed by atoms with E-state index in [1.807, 2.05) is 29.1 Å². The van der Waals surface area contributed by atoms with Gasteiger partial charge in [-0.05, 0) is 55.2 Å². The summed E-state index contributed by atoms with van der Waals surface area (Å²) in [6, 6.07) is 8.95. The van der Waals surface area contributed by atoms with E-state index in [2.05, 4.69) is 15.3 Å². The second-order valence-corrected chi connectivity index (χ2v) is 8.92. The van der Waals surface area contributed by atoms with E-state index in [1.165, 1.54) is 12.1 Å². The lowest BCUT2D eigenvalue weighted by Crippen LogP contribution is -2.38. The van der Waals surface area contributed by atoms with Gasteiger partial charge in [-0.15, -0.1) is 0 Å². The fourth-order valence-corrected chi connectivity index (χ4v) is 4.76. The zero-order valence-electron chi connectivity index (χ0n) is 19.4. The van der Waals surface area contributed by atoms with Gasteiger partial charge in [0.05, 0.1) is 34.7 Å². The molecule has 5 aromatic rings. The first-order chi connectivity index (χ1) is 17.5. The van der Waals surface area contributed by atoms with E-state index >= 15 is 0 Å². The number of fused-ring (bicyclic) bond motifs is 3. The minimum Gasteiger partial charge on any atom is -0.378 e. The third-order valence-corrected chi connectivity index (χ3v) is 6.46. The molecule has 0 saturated heterocycles. The number of amides is 1. The lowest BCUT2D eigenvalue weighted by molar-refractivity contribution is 0.0929. The molecular formula is C26H22F2N6O2. The van der Waals surface area contributed by atoms with Crippen LogP contribution in [-0.4, -0.2) is 43.8 Å². The van der Waals surface area contributed by atoms with E-state index in [9.17, 15) is 13.6 Å². The van der Waals surface area contributed by atoms with Crippen molar-refractivity contribution in [1.82, 2.24) is 30.0 Å². The summed E-state index contributed by atoms with van der Waals surface area (Å²) in [5, 5.41) is 7.98. The molecule has 1 amide bonds. The number of aryl methyl sites for hydroxylation is 1. The minimum absolute atomic E-state index is 0.115. The number of halogens is 2. The zero-order valence-corrected chi connectivity index (χ0v) is 19.4. The fraction of sp³-hybridized carbons (Fsp3) is 0.231. The second-order valence-electron chi connectivity index (χ2n) is 8.92. The Morgan fingerprint density at radius 1 is 1.25 bits per heavy atom. The molecule has 4 aromatic heterocycles. The third kappa shape index (κ3) is 3.99. The predicted octanol–water partition coefficient (Wildman–Crippen LogP) is 4.01. The number of aromatic nitrogens is 5. The maximum atomic E-state index is 14.0. The highest BCUT2D eigenvalue weighted by molar-refractivity contribution is 5.98. The van der Waals surface area contributed by atoms with Crippen molar-refractivity contribution in [2.75, 3.05) is 7.11 Å². The normalized spacial score (nSPS) is 15.4. The number of benzene rings is 1. The monoisotopic (exact) mass is 488 g/mol. The summed E-state index contributed by atoms with van der Waals surface area (Å²) in [6.45, 7) is 0.402. The van der Waals surface area contributed by atoms with Crippen LogP contribution in [0.2, 0.25) is 0 Å². The van der Waals surface area contributed by atoms with Gasteiger partial charge < -0.3 is 15.0 Å². The van der Waals surface area contributed by atoms with E-state index < -0.39 is 11.6 Å². The Morgan fingerprint density at radius 3 is 3.00 bits per heavy atom. The molecule has 0 bridgehead atoms. The fourth-order valence-electron chi connectivity index (χ4n) is 4.76.